The van der Waals surface area contributed by atoms with Gasteiger partial charge in [-0.1, -0.05) is 37.0 Å². The van der Waals surface area contributed by atoms with Crippen LogP contribution in [0.4, 0.5) is 5.69 Å². The van der Waals surface area contributed by atoms with Crippen LogP contribution in [0, 0.1) is 5.41 Å². The van der Waals surface area contributed by atoms with Gasteiger partial charge in [-0.05, 0) is 19.5 Å². The molecule has 0 aliphatic rings. The summed E-state index contributed by atoms with van der Waals surface area (Å²) in [6.07, 6.45) is 0. The topological polar surface area (TPSA) is 41.0 Å². The van der Waals surface area contributed by atoms with Gasteiger partial charge >= 0.3 is 0 Å². The number of nitrogens with one attached hydrogen (secondary N) is 1. The molecule has 1 aromatic heterocycles. The van der Waals surface area contributed by atoms with E-state index in [-0.39, 0.29) is 5.41 Å². The van der Waals surface area contributed by atoms with Gasteiger partial charge in [0.05, 0.1) is 5.69 Å². The third kappa shape index (κ3) is 5.06. The second-order valence-electron chi connectivity index (χ2n) is 5.13. The zero-order valence-corrected chi connectivity index (χ0v) is 12.1. The molecule has 0 atom stereocenters. The maximum Gasteiger partial charge on any atom is 0.174 e. The molecule has 0 aromatic carbocycles. The van der Waals surface area contributed by atoms with E-state index in [1.807, 2.05) is 0 Å². The molecule has 0 unspecified atom stereocenters. The summed E-state index contributed by atoms with van der Waals surface area (Å²) in [6.45, 7) is 6.13. The highest BCUT2D eigenvalue weighted by Crippen LogP contribution is 2.23. The molecule has 0 amide bonds. The Hall–Kier alpha value is -0.580. The summed E-state index contributed by atoms with van der Waals surface area (Å²) in [5.41, 5.74) is 0.848. The Morgan fingerprint density at radius 1 is 1.29 bits per heavy atom. The fourth-order valence-electron chi connectivity index (χ4n) is 1.72. The normalized spacial score (nSPS) is 11.9. The standard InChI is InChI=1S/C11H18Cl2N4/c1-11(2,7-17(3)4)6-14-8-5-9(12)15-16-10(8)13/h5H,6-7H2,1-4H3,(H,14,15). The van der Waals surface area contributed by atoms with Crippen molar-refractivity contribution >= 4 is 28.9 Å². The third-order valence-electron chi connectivity index (χ3n) is 2.22. The molecule has 0 saturated carbocycles. The number of aromatic nitrogens is 2. The lowest BCUT2D eigenvalue weighted by Crippen LogP contribution is -2.34. The van der Waals surface area contributed by atoms with Crippen molar-refractivity contribution in [2.45, 2.75) is 13.8 Å². The van der Waals surface area contributed by atoms with E-state index in [1.165, 1.54) is 0 Å². The molecular weight excluding hydrogens is 259 g/mol. The van der Waals surface area contributed by atoms with Crippen LogP contribution in [-0.2, 0) is 0 Å². The molecule has 0 saturated heterocycles. The fraction of sp³-hybridized carbons (Fsp3) is 0.636. The molecular formula is C11H18Cl2N4. The lowest BCUT2D eigenvalue weighted by molar-refractivity contribution is 0.254. The smallest absolute Gasteiger partial charge is 0.174 e. The van der Waals surface area contributed by atoms with E-state index >= 15 is 0 Å². The van der Waals surface area contributed by atoms with Crippen molar-refractivity contribution in [2.24, 2.45) is 5.41 Å². The van der Waals surface area contributed by atoms with Crippen LogP contribution in [0.1, 0.15) is 13.8 Å². The minimum atomic E-state index is 0.128. The summed E-state index contributed by atoms with van der Waals surface area (Å²) in [4.78, 5) is 2.15. The van der Waals surface area contributed by atoms with Gasteiger partial charge in [-0.15, -0.1) is 10.2 Å². The van der Waals surface area contributed by atoms with Gasteiger partial charge in [0.25, 0.3) is 0 Å². The van der Waals surface area contributed by atoms with Gasteiger partial charge in [-0.2, -0.15) is 0 Å². The summed E-state index contributed by atoms with van der Waals surface area (Å²) in [5, 5.41) is 11.4. The first-order valence-corrected chi connectivity index (χ1v) is 6.13. The van der Waals surface area contributed by atoms with Gasteiger partial charge < -0.3 is 10.2 Å². The Kier molecular flexibility index (Phi) is 4.98. The zero-order valence-electron chi connectivity index (χ0n) is 10.6. The number of hydrogen-bond donors (Lipinski definition) is 1. The highest BCUT2D eigenvalue weighted by molar-refractivity contribution is 6.33. The summed E-state index contributed by atoms with van der Waals surface area (Å²) < 4.78 is 0. The predicted molar refractivity (Wildman–Crippen MR) is 72.9 cm³/mol. The average Bonchev–Trinajstić information content (AvgIpc) is 2.17. The lowest BCUT2D eigenvalue weighted by atomic mass is 9.93. The van der Waals surface area contributed by atoms with E-state index in [4.69, 9.17) is 23.2 Å². The zero-order chi connectivity index (χ0) is 13.1. The Labute approximate surface area is 112 Å². The summed E-state index contributed by atoms with van der Waals surface area (Å²) in [7, 11) is 4.11. The maximum atomic E-state index is 5.93. The molecule has 6 heteroatoms. The molecule has 1 heterocycles. The maximum absolute atomic E-state index is 5.93. The first-order chi connectivity index (χ1) is 7.80. The van der Waals surface area contributed by atoms with E-state index in [0.717, 1.165) is 18.8 Å². The number of rotatable bonds is 5. The molecule has 0 aliphatic heterocycles. The monoisotopic (exact) mass is 276 g/mol. The Balaban J connectivity index is 2.63. The molecule has 1 N–H and O–H groups in total. The van der Waals surface area contributed by atoms with E-state index in [1.54, 1.807) is 6.07 Å². The Morgan fingerprint density at radius 3 is 2.53 bits per heavy atom. The van der Waals surface area contributed by atoms with Crippen LogP contribution >= 0.6 is 23.2 Å². The first kappa shape index (κ1) is 14.5. The van der Waals surface area contributed by atoms with Crippen LogP contribution in [0.3, 0.4) is 0 Å². The van der Waals surface area contributed by atoms with Gasteiger partial charge in [-0.25, -0.2) is 0 Å². The lowest BCUT2D eigenvalue weighted by Gasteiger charge is -2.28. The molecule has 0 fully saturated rings. The van der Waals surface area contributed by atoms with E-state index in [9.17, 15) is 0 Å². The molecule has 0 bridgehead atoms. The molecule has 0 spiro atoms. The summed E-state index contributed by atoms with van der Waals surface area (Å²) in [6, 6.07) is 1.68. The molecule has 96 valence electrons. The minimum Gasteiger partial charge on any atom is -0.382 e. The van der Waals surface area contributed by atoms with Gasteiger partial charge in [0.1, 0.15) is 0 Å². The number of halogens is 2. The third-order valence-corrected chi connectivity index (χ3v) is 2.68. The molecule has 17 heavy (non-hydrogen) atoms. The highest BCUT2D eigenvalue weighted by atomic mass is 35.5. The molecule has 4 nitrogen and oxygen atoms in total. The van der Waals surface area contributed by atoms with Crippen molar-refractivity contribution in [3.8, 4) is 0 Å². The second-order valence-corrected chi connectivity index (χ2v) is 5.87. The number of hydrogen-bond acceptors (Lipinski definition) is 4. The van der Waals surface area contributed by atoms with Crippen LogP contribution in [-0.4, -0.2) is 42.3 Å². The minimum absolute atomic E-state index is 0.128. The van der Waals surface area contributed by atoms with E-state index < -0.39 is 0 Å². The number of nitrogens with zero attached hydrogens (tertiary/aromatic N) is 3. The van der Waals surface area contributed by atoms with Gasteiger partial charge in [-0.3, -0.25) is 0 Å². The molecule has 1 rings (SSSR count). The number of anilines is 1. The SMILES string of the molecule is CN(C)CC(C)(C)CNc1cc(Cl)nnc1Cl. The van der Waals surface area contributed by atoms with Crippen molar-refractivity contribution in [3.05, 3.63) is 16.4 Å². The van der Waals surface area contributed by atoms with Crippen molar-refractivity contribution < 1.29 is 0 Å². The van der Waals surface area contributed by atoms with Crippen LogP contribution in [0.2, 0.25) is 10.3 Å². The Morgan fingerprint density at radius 2 is 1.94 bits per heavy atom. The first-order valence-electron chi connectivity index (χ1n) is 5.37. The van der Waals surface area contributed by atoms with E-state index in [0.29, 0.717) is 10.3 Å². The van der Waals surface area contributed by atoms with Crippen molar-refractivity contribution in [3.63, 3.8) is 0 Å². The highest BCUT2D eigenvalue weighted by Gasteiger charge is 2.19. The largest absolute Gasteiger partial charge is 0.382 e. The van der Waals surface area contributed by atoms with Gasteiger partial charge in [0.2, 0.25) is 0 Å². The van der Waals surface area contributed by atoms with Crippen LogP contribution in [0.25, 0.3) is 0 Å². The quantitative estimate of drug-likeness (QED) is 0.898. The van der Waals surface area contributed by atoms with Gasteiger partial charge in [0.15, 0.2) is 10.3 Å². The molecule has 0 aliphatic carbocycles. The Bertz CT molecular complexity index is 380. The molecule has 0 radical (unpaired) electrons. The van der Waals surface area contributed by atoms with E-state index in [2.05, 4.69) is 48.4 Å². The predicted octanol–water partition coefficient (Wildman–Crippen LogP) is 2.78. The molecule has 1 aromatic rings. The average molecular weight is 277 g/mol. The van der Waals surface area contributed by atoms with Crippen molar-refractivity contribution in [1.82, 2.24) is 15.1 Å². The van der Waals surface area contributed by atoms with Crippen LogP contribution < -0.4 is 5.32 Å². The summed E-state index contributed by atoms with van der Waals surface area (Å²) >= 11 is 11.7. The van der Waals surface area contributed by atoms with Gasteiger partial charge in [0, 0.05) is 19.2 Å². The summed E-state index contributed by atoms with van der Waals surface area (Å²) in [5.74, 6) is 0. The van der Waals surface area contributed by atoms with Crippen LogP contribution in [0.5, 0.6) is 0 Å². The van der Waals surface area contributed by atoms with Crippen molar-refractivity contribution in [2.75, 3.05) is 32.5 Å². The second kappa shape index (κ2) is 5.85. The van der Waals surface area contributed by atoms with Crippen LogP contribution in [0.15, 0.2) is 6.07 Å². The fourth-order valence-corrected chi connectivity index (χ4v) is 2.03. The van der Waals surface area contributed by atoms with Crippen molar-refractivity contribution in [1.29, 1.82) is 0 Å².